The maximum Gasteiger partial charge on any atom is 2.00 e. The van der Waals surface area contributed by atoms with Crippen LogP contribution in [0.4, 0.5) is 0 Å². The molecule has 0 fully saturated rings. The molecule has 0 aromatic carbocycles. The Morgan fingerprint density at radius 3 is 1.40 bits per heavy atom. The van der Waals surface area contributed by atoms with E-state index in [1.807, 2.05) is 0 Å². The fourth-order valence-corrected chi connectivity index (χ4v) is 0. The first-order valence-corrected chi connectivity index (χ1v) is 2.93. The average Bonchev–Trinajstić information content (AvgIpc) is 1.19. The monoisotopic (exact) mass is 208 g/mol. The number of rotatable bonds is 0. The maximum absolute atomic E-state index is 9.00. The summed E-state index contributed by atoms with van der Waals surface area (Å²) in [5.41, 5.74) is 0. The molecule has 60 valence electrons. The molecule has 8 heteroatoms. The fourth-order valence-electron chi connectivity index (χ4n) is 0. The number of carboxylic acids is 1. The quantitative estimate of drug-likeness (QED) is 0.392. The van der Waals surface area contributed by atoms with Crippen molar-refractivity contribution in [3.8, 4) is 0 Å². The third-order valence-corrected chi connectivity index (χ3v) is 0. The third kappa shape index (κ3) is 22900. The predicted octanol–water partition coefficient (Wildman–Crippen LogP) is -1.25. The van der Waals surface area contributed by atoms with E-state index in [1.54, 1.807) is 0 Å². The van der Waals surface area contributed by atoms with Gasteiger partial charge >= 0.3 is 17.4 Å². The topological polar surface area (TPSA) is 118 Å². The van der Waals surface area contributed by atoms with Crippen LogP contribution in [0.1, 0.15) is 6.92 Å². The Bertz CT molecular complexity index is 158. The molecule has 0 atom stereocenters. The van der Waals surface area contributed by atoms with Crippen molar-refractivity contribution in [2.75, 3.05) is 0 Å². The first-order chi connectivity index (χ1) is 3.73. The number of hydrogen-bond donors (Lipinski definition) is 1. The van der Waals surface area contributed by atoms with Gasteiger partial charge in [0.1, 0.15) is 0 Å². The number of carboxylic acid groups (broad SMARTS) is 1. The molecule has 1 N–H and O–H groups in total. The van der Waals surface area contributed by atoms with Crippen molar-refractivity contribution in [1.29, 1.82) is 0 Å². The van der Waals surface area contributed by atoms with Crippen LogP contribution in [0.25, 0.3) is 0 Å². The molecule has 0 aliphatic heterocycles. The predicted molar refractivity (Wildman–Crippen MR) is 23.8 cm³/mol. The molecule has 10 heavy (non-hydrogen) atoms. The van der Waals surface area contributed by atoms with Gasteiger partial charge < -0.3 is 14.2 Å². The summed E-state index contributed by atoms with van der Waals surface area (Å²) in [5, 5.41) is 7.42. The van der Waals surface area contributed by atoms with Crippen molar-refractivity contribution in [1.82, 2.24) is 0 Å². The van der Waals surface area contributed by atoms with Crippen molar-refractivity contribution < 1.29 is 44.8 Å². The van der Waals surface area contributed by atoms with Crippen molar-refractivity contribution in [2.24, 2.45) is 0 Å². The van der Waals surface area contributed by atoms with Crippen LogP contribution >= 0.6 is 0 Å². The van der Waals surface area contributed by atoms with Gasteiger partial charge in [0.15, 0.2) is 0 Å². The second-order valence-electron chi connectivity index (χ2n) is 0.927. The van der Waals surface area contributed by atoms with Gasteiger partial charge in [-0.3, -0.25) is 13.2 Å². The van der Waals surface area contributed by atoms with Crippen LogP contribution < -0.4 is 0 Å². The Morgan fingerprint density at radius 2 is 1.40 bits per heavy atom. The first-order valence-electron chi connectivity index (χ1n) is 1.59. The zero-order valence-corrected chi connectivity index (χ0v) is 6.90. The largest absolute Gasteiger partial charge is 2.00 e. The van der Waals surface area contributed by atoms with Gasteiger partial charge in [-0.05, 0) is 0 Å². The van der Waals surface area contributed by atoms with Crippen LogP contribution in [0.3, 0.4) is 0 Å². The second-order valence-corrected chi connectivity index (χ2v) is 1.74. The smallest absolute Gasteiger partial charge is 0.759 e. The molecule has 0 unspecified atom stereocenters. The summed E-state index contributed by atoms with van der Waals surface area (Å²) in [5.74, 6) is -0.833. The van der Waals surface area contributed by atoms with Gasteiger partial charge in [-0.2, -0.15) is 0 Å². The van der Waals surface area contributed by atoms with Crippen LogP contribution in [0.5, 0.6) is 0 Å². The first kappa shape index (κ1) is 16.5. The number of carbonyl (C=O) groups is 1. The minimum absolute atomic E-state index is 0. The van der Waals surface area contributed by atoms with Gasteiger partial charge in [-0.15, -0.1) is 0 Å². The zero-order chi connectivity index (χ0) is 8.08. The Kier molecular flexibility index (Phi) is 11.5. The standard InChI is InChI=1S/C2H4O2.Cr.H2O4S/c1-2(3)4;;1-5(2,3)4/h1H3,(H,3,4);;(H2,1,2,3,4)/q;+2;/p-2. The van der Waals surface area contributed by atoms with Gasteiger partial charge in [-0.1, -0.05) is 0 Å². The molecule has 6 nitrogen and oxygen atoms in total. The summed E-state index contributed by atoms with van der Waals surface area (Å²) in [6.07, 6.45) is 0. The van der Waals surface area contributed by atoms with Crippen molar-refractivity contribution in [3.63, 3.8) is 0 Å². The summed E-state index contributed by atoms with van der Waals surface area (Å²) < 4.78 is 34.1. The van der Waals surface area contributed by atoms with E-state index in [4.69, 9.17) is 27.4 Å². The molecule has 0 spiro atoms. The summed E-state index contributed by atoms with van der Waals surface area (Å²) in [7, 11) is -5.17. The Balaban J connectivity index is -0.0000000910. The Labute approximate surface area is 68.6 Å². The van der Waals surface area contributed by atoms with Crippen molar-refractivity contribution in [2.45, 2.75) is 6.92 Å². The SMILES string of the molecule is CC(=O)O.O=S(=O)([O-])[O-].[Cr+2]. The Morgan fingerprint density at radius 1 is 1.40 bits per heavy atom. The Hall–Kier alpha value is -0.128. The molecule has 0 rings (SSSR count). The van der Waals surface area contributed by atoms with Gasteiger partial charge in [-0.25, -0.2) is 0 Å². The molecule has 0 aliphatic carbocycles. The van der Waals surface area contributed by atoms with Crippen molar-refractivity contribution in [3.05, 3.63) is 0 Å². The molecule has 0 saturated carbocycles. The van der Waals surface area contributed by atoms with Crippen LogP contribution in [0.2, 0.25) is 0 Å². The van der Waals surface area contributed by atoms with Gasteiger partial charge in [0.2, 0.25) is 0 Å². The molecule has 0 saturated heterocycles. The normalized spacial score (nSPS) is 8.30. The van der Waals surface area contributed by atoms with Crippen molar-refractivity contribution >= 4 is 16.4 Å². The minimum Gasteiger partial charge on any atom is -0.759 e. The van der Waals surface area contributed by atoms with Gasteiger partial charge in [0.25, 0.3) is 5.97 Å². The molecule has 0 amide bonds. The van der Waals surface area contributed by atoms with Crippen LogP contribution in [0.15, 0.2) is 0 Å². The van der Waals surface area contributed by atoms with E-state index < -0.39 is 16.4 Å². The van der Waals surface area contributed by atoms with Crippen LogP contribution in [0, 0.1) is 0 Å². The molecule has 0 aromatic heterocycles. The van der Waals surface area contributed by atoms with E-state index in [-0.39, 0.29) is 17.4 Å². The summed E-state index contributed by atoms with van der Waals surface area (Å²) >= 11 is 0. The molecule has 0 aromatic rings. The summed E-state index contributed by atoms with van der Waals surface area (Å²) in [6, 6.07) is 0. The van der Waals surface area contributed by atoms with E-state index >= 15 is 0 Å². The molecule has 0 radical (unpaired) electrons. The van der Waals surface area contributed by atoms with Crippen LogP contribution in [-0.4, -0.2) is 28.6 Å². The summed E-state index contributed by atoms with van der Waals surface area (Å²) in [6.45, 7) is 1.08. The van der Waals surface area contributed by atoms with E-state index in [2.05, 4.69) is 0 Å². The second kappa shape index (κ2) is 6.99. The molecular formula is C2H4CrO6S. The van der Waals surface area contributed by atoms with E-state index in [9.17, 15) is 0 Å². The molecule has 0 aliphatic rings. The van der Waals surface area contributed by atoms with E-state index in [1.165, 1.54) is 0 Å². The van der Waals surface area contributed by atoms with E-state index in [0.29, 0.717) is 0 Å². The molecule has 0 bridgehead atoms. The number of hydrogen-bond acceptors (Lipinski definition) is 5. The van der Waals surface area contributed by atoms with Crippen LogP contribution in [-0.2, 0) is 32.6 Å². The van der Waals surface area contributed by atoms with E-state index in [0.717, 1.165) is 6.92 Å². The zero-order valence-electron chi connectivity index (χ0n) is 4.80. The van der Waals surface area contributed by atoms with Gasteiger partial charge in [0.05, 0.1) is 0 Å². The molecule has 0 heterocycles. The maximum atomic E-state index is 9.00. The molecular weight excluding hydrogens is 204 g/mol. The fraction of sp³-hybridized carbons (Fsp3) is 0.500. The van der Waals surface area contributed by atoms with Gasteiger partial charge in [0, 0.05) is 17.3 Å². The average molecular weight is 208 g/mol. The summed E-state index contributed by atoms with van der Waals surface area (Å²) in [4.78, 5) is 9.00. The number of aliphatic carboxylic acids is 1. The third-order valence-electron chi connectivity index (χ3n) is 0. The minimum atomic E-state index is -5.17.